The van der Waals surface area contributed by atoms with E-state index in [0.717, 1.165) is 36.2 Å². The fourth-order valence-electron chi connectivity index (χ4n) is 5.59. The summed E-state index contributed by atoms with van der Waals surface area (Å²) in [5.74, 6) is -0.0468. The van der Waals surface area contributed by atoms with Crippen molar-refractivity contribution in [3.8, 4) is 17.3 Å². The number of benzene rings is 1. The molecule has 196 valence electrons. The van der Waals surface area contributed by atoms with Crippen molar-refractivity contribution in [1.29, 1.82) is 5.26 Å². The minimum absolute atomic E-state index is 0.0991. The molecule has 2 atom stereocenters. The first-order chi connectivity index (χ1) is 18.1. The van der Waals surface area contributed by atoms with Gasteiger partial charge in [0, 0.05) is 35.6 Å². The number of hydrogen-bond acceptors (Lipinski definition) is 9. The number of aromatic nitrogens is 3. The predicted molar refractivity (Wildman–Crippen MR) is 144 cm³/mol. The molecule has 0 amide bonds. The predicted octanol–water partition coefficient (Wildman–Crippen LogP) is 4.69. The van der Waals surface area contributed by atoms with Crippen LogP contribution in [0.2, 0.25) is 0 Å². The lowest BCUT2D eigenvalue weighted by atomic mass is 9.94. The molecule has 1 saturated heterocycles. The van der Waals surface area contributed by atoms with Gasteiger partial charge in [-0.25, -0.2) is 18.7 Å². The number of nitrogens with two attached hydrogens (primary N) is 1. The van der Waals surface area contributed by atoms with Crippen LogP contribution < -0.4 is 10.6 Å². The van der Waals surface area contributed by atoms with Gasteiger partial charge in [0.2, 0.25) is 5.95 Å². The van der Waals surface area contributed by atoms with E-state index in [9.17, 15) is 9.65 Å². The van der Waals surface area contributed by atoms with E-state index < -0.39 is 11.6 Å². The Kier molecular flexibility index (Phi) is 5.75. The summed E-state index contributed by atoms with van der Waals surface area (Å²) >= 11 is 0.959. The molecule has 8 nitrogen and oxygen atoms in total. The summed E-state index contributed by atoms with van der Waals surface area (Å²) in [5.41, 5.74) is 8.33. The maximum atomic E-state index is 16.3. The fraction of sp³-hybridized carbons (Fsp3) is 0.407. The number of nitrogens with zero attached hydrogens (tertiary/aromatic N) is 6. The van der Waals surface area contributed by atoms with E-state index in [-0.39, 0.29) is 50.6 Å². The Labute approximate surface area is 222 Å². The maximum Gasteiger partial charge on any atom is 0.226 e. The monoisotopic (exact) mass is 535 g/mol. The number of anilines is 2. The molecule has 0 spiro atoms. The fourth-order valence-corrected chi connectivity index (χ4v) is 6.51. The van der Waals surface area contributed by atoms with Crippen LogP contribution in [0.1, 0.15) is 30.0 Å². The van der Waals surface area contributed by atoms with Gasteiger partial charge in [-0.1, -0.05) is 6.92 Å². The van der Waals surface area contributed by atoms with E-state index in [1.54, 1.807) is 6.20 Å². The van der Waals surface area contributed by atoms with Crippen molar-refractivity contribution in [1.82, 2.24) is 19.9 Å². The number of ether oxygens (including phenoxy) is 1. The summed E-state index contributed by atoms with van der Waals surface area (Å²) in [5, 5.41) is 10.7. The second-order valence-electron chi connectivity index (χ2n) is 11.0. The third kappa shape index (κ3) is 3.78. The molecule has 2 N–H and O–H groups in total. The van der Waals surface area contributed by atoms with Crippen molar-refractivity contribution in [2.45, 2.75) is 26.6 Å². The highest BCUT2D eigenvalue weighted by Gasteiger charge is 2.56. The molecule has 1 aliphatic carbocycles. The molecule has 3 aromatic heterocycles. The van der Waals surface area contributed by atoms with Crippen LogP contribution in [0.4, 0.5) is 19.7 Å². The van der Waals surface area contributed by atoms with Crippen molar-refractivity contribution >= 4 is 43.3 Å². The van der Waals surface area contributed by atoms with Gasteiger partial charge in [0.25, 0.3) is 0 Å². The summed E-state index contributed by atoms with van der Waals surface area (Å²) < 4.78 is 36.7. The average Bonchev–Trinajstić information content (AvgIpc) is 3.24. The zero-order valence-electron chi connectivity index (χ0n) is 21.6. The average molecular weight is 536 g/mol. The highest BCUT2D eigenvalue weighted by Crippen LogP contribution is 2.57. The van der Waals surface area contributed by atoms with E-state index in [2.05, 4.69) is 26.8 Å². The van der Waals surface area contributed by atoms with Crippen molar-refractivity contribution < 1.29 is 13.5 Å². The van der Waals surface area contributed by atoms with Crippen LogP contribution in [0.5, 0.6) is 0 Å². The second-order valence-corrected chi connectivity index (χ2v) is 12.0. The van der Waals surface area contributed by atoms with E-state index >= 15 is 4.39 Å². The molecular weight excluding hydrogens is 508 g/mol. The van der Waals surface area contributed by atoms with E-state index in [0.29, 0.717) is 28.2 Å². The van der Waals surface area contributed by atoms with Crippen LogP contribution in [0.25, 0.3) is 32.2 Å². The smallest absolute Gasteiger partial charge is 0.226 e. The Balaban J connectivity index is 0.000000620. The topological polar surface area (TPSA) is 104 Å². The molecule has 0 radical (unpaired) electrons. The Hall–Kier alpha value is -3.46. The number of nitrogen functional groups attached to an aromatic ring is 1. The molecule has 4 aromatic rings. The minimum Gasteiger partial charge on any atom is -0.389 e. The minimum atomic E-state index is -0.600. The lowest BCUT2D eigenvalue weighted by molar-refractivity contribution is 0.135. The van der Waals surface area contributed by atoms with Gasteiger partial charge in [-0.05, 0) is 50.0 Å². The summed E-state index contributed by atoms with van der Waals surface area (Å²) in [6, 6.07) is 2.03. The Morgan fingerprint density at radius 2 is 1.95 bits per heavy atom. The molecule has 5 heterocycles. The van der Waals surface area contributed by atoms with Gasteiger partial charge >= 0.3 is 0 Å². The molecule has 1 aromatic carbocycles. The van der Waals surface area contributed by atoms with Crippen molar-refractivity contribution in [3.05, 3.63) is 40.7 Å². The number of thiophene rings is 1. The van der Waals surface area contributed by atoms with Crippen LogP contribution in [0, 0.1) is 34.3 Å². The van der Waals surface area contributed by atoms with Gasteiger partial charge in [-0.2, -0.15) is 5.26 Å². The number of pyridine rings is 1. The first kappa shape index (κ1) is 24.9. The lowest BCUT2D eigenvalue weighted by Crippen LogP contribution is -2.25. The first-order valence-electron chi connectivity index (χ1n) is 12.3. The molecule has 0 bridgehead atoms. The van der Waals surface area contributed by atoms with Gasteiger partial charge in [0.05, 0.1) is 35.4 Å². The Morgan fingerprint density at radius 3 is 2.63 bits per heavy atom. The molecular formula is C27H27F2N7OS. The molecule has 1 saturated carbocycles. The van der Waals surface area contributed by atoms with Crippen LogP contribution in [-0.2, 0) is 18.0 Å². The highest BCUT2D eigenvalue weighted by molar-refractivity contribution is 7.23. The second kappa shape index (κ2) is 8.80. The van der Waals surface area contributed by atoms with E-state index in [1.165, 1.54) is 6.42 Å². The van der Waals surface area contributed by atoms with Crippen molar-refractivity contribution in [3.63, 3.8) is 0 Å². The van der Waals surface area contributed by atoms with Gasteiger partial charge in [-0.3, -0.25) is 4.98 Å². The van der Waals surface area contributed by atoms with Gasteiger partial charge in [-0.15, -0.1) is 11.3 Å². The number of halogens is 2. The molecule has 38 heavy (non-hydrogen) atoms. The van der Waals surface area contributed by atoms with Gasteiger partial charge < -0.3 is 20.3 Å². The van der Waals surface area contributed by atoms with Crippen LogP contribution in [0.3, 0.4) is 0 Å². The number of rotatable bonds is 2. The summed E-state index contributed by atoms with van der Waals surface area (Å²) in [6.07, 6.45) is 3.92. The number of nitriles is 1. The zero-order chi connectivity index (χ0) is 26.9. The number of hydrogen-bond donors (Lipinski definition) is 1. The SMILES string of the molecule is CC12CC1CN(c1ncc3c4c(c(-c5ncc(F)c6sc(N)c(C#N)c56)c(F)c3n1)COC4)C2.CN(C)C. The summed E-state index contributed by atoms with van der Waals surface area (Å²) in [7, 11) is 6.00. The molecule has 3 aliphatic rings. The maximum absolute atomic E-state index is 16.3. The van der Waals surface area contributed by atoms with Gasteiger partial charge in [0.1, 0.15) is 16.6 Å². The molecule has 2 aliphatic heterocycles. The molecule has 2 fully saturated rings. The molecule has 2 unspecified atom stereocenters. The van der Waals surface area contributed by atoms with Crippen molar-refractivity contribution in [2.24, 2.45) is 11.3 Å². The van der Waals surface area contributed by atoms with Crippen LogP contribution in [-0.4, -0.2) is 54.1 Å². The largest absolute Gasteiger partial charge is 0.389 e. The number of fused-ring (bicyclic) bond motifs is 5. The van der Waals surface area contributed by atoms with Crippen LogP contribution in [0.15, 0.2) is 12.4 Å². The Bertz CT molecular complexity index is 1660. The first-order valence-corrected chi connectivity index (χ1v) is 13.1. The lowest BCUT2D eigenvalue weighted by Gasteiger charge is -2.20. The molecule has 7 rings (SSSR count). The number of piperidine rings is 1. The van der Waals surface area contributed by atoms with Crippen LogP contribution >= 0.6 is 11.3 Å². The zero-order valence-corrected chi connectivity index (χ0v) is 22.4. The van der Waals surface area contributed by atoms with Gasteiger partial charge in [0.15, 0.2) is 11.6 Å². The normalized spacial score (nSPS) is 21.4. The Morgan fingerprint density at radius 1 is 1.21 bits per heavy atom. The quantitative estimate of drug-likeness (QED) is 0.394. The molecule has 11 heteroatoms. The van der Waals surface area contributed by atoms with E-state index in [4.69, 9.17) is 10.5 Å². The van der Waals surface area contributed by atoms with E-state index in [1.807, 2.05) is 32.1 Å². The summed E-state index contributed by atoms with van der Waals surface area (Å²) in [4.78, 5) is 17.6. The highest BCUT2D eigenvalue weighted by atomic mass is 32.1. The third-order valence-electron chi connectivity index (χ3n) is 7.55. The van der Waals surface area contributed by atoms with Crippen molar-refractivity contribution in [2.75, 3.05) is 44.9 Å². The third-order valence-corrected chi connectivity index (χ3v) is 8.57. The standard InChI is InChI=1S/C24H18F2N6OS.C3H9N/c1-24-2-10(24)6-32(9-24)23-30-4-12-13-7-33-8-14(13)16(18(26)19(12)31-23)20-17-11(3-27)22(28)34-21(17)15(25)5-29-20;1-4(2)3/h4-5,10H,2,6-9,28H2,1H3;1-3H3. The summed E-state index contributed by atoms with van der Waals surface area (Å²) in [6.45, 7) is 4.43.